The lowest BCUT2D eigenvalue weighted by molar-refractivity contribution is 0.110. The standard InChI is InChI=1S/C30H28N4O3/c1-21(35)34-27(12-7-22-6-8-23-14-16-32-29(23)17-22)18-25(33-34)11-9-24-10-13-28(19-30(24)36-2)37-20-26-5-3-4-15-31-26/h3-19,21,32,35H,20H2,1-2H3. The Balaban J connectivity index is 1.33. The van der Waals surface area contributed by atoms with Gasteiger partial charge in [-0.1, -0.05) is 24.3 Å². The second-order valence-corrected chi connectivity index (χ2v) is 8.58. The molecule has 3 aromatic heterocycles. The number of hydrogen-bond acceptors (Lipinski definition) is 5. The van der Waals surface area contributed by atoms with Crippen molar-refractivity contribution in [1.82, 2.24) is 19.7 Å². The molecule has 0 radical (unpaired) electrons. The van der Waals surface area contributed by atoms with E-state index in [9.17, 15) is 5.11 Å². The molecule has 0 aliphatic heterocycles. The van der Waals surface area contributed by atoms with E-state index in [1.54, 1.807) is 24.9 Å². The average molecular weight is 493 g/mol. The molecule has 7 nitrogen and oxygen atoms in total. The highest BCUT2D eigenvalue weighted by Crippen LogP contribution is 2.27. The van der Waals surface area contributed by atoms with Crippen molar-refractivity contribution in [2.75, 3.05) is 7.11 Å². The summed E-state index contributed by atoms with van der Waals surface area (Å²) in [5.74, 6) is 1.38. The molecule has 2 N–H and O–H groups in total. The summed E-state index contributed by atoms with van der Waals surface area (Å²) in [7, 11) is 1.63. The van der Waals surface area contributed by atoms with Crippen LogP contribution in [0.15, 0.2) is 79.1 Å². The van der Waals surface area contributed by atoms with Crippen LogP contribution in [-0.2, 0) is 6.61 Å². The Bertz CT molecular complexity index is 1550. The largest absolute Gasteiger partial charge is 0.496 e. The van der Waals surface area contributed by atoms with E-state index in [1.165, 1.54) is 5.39 Å². The minimum Gasteiger partial charge on any atom is -0.496 e. The summed E-state index contributed by atoms with van der Waals surface area (Å²) in [6, 6.07) is 21.6. The third-order valence-corrected chi connectivity index (χ3v) is 5.91. The second-order valence-electron chi connectivity index (χ2n) is 8.58. The number of pyridine rings is 1. The monoisotopic (exact) mass is 492 g/mol. The number of rotatable bonds is 9. The van der Waals surface area contributed by atoms with Crippen LogP contribution in [-0.4, -0.2) is 32.0 Å². The van der Waals surface area contributed by atoms with Gasteiger partial charge in [0.15, 0.2) is 0 Å². The van der Waals surface area contributed by atoms with Gasteiger partial charge in [0.25, 0.3) is 0 Å². The smallest absolute Gasteiger partial charge is 0.144 e. The molecule has 186 valence electrons. The van der Waals surface area contributed by atoms with E-state index in [1.807, 2.05) is 79.0 Å². The molecule has 0 aliphatic carbocycles. The number of aliphatic hydroxyl groups is 1. The molecule has 0 bridgehead atoms. The van der Waals surface area contributed by atoms with Crippen LogP contribution in [0.1, 0.15) is 41.4 Å². The van der Waals surface area contributed by atoms with Crippen LogP contribution in [0.25, 0.3) is 35.2 Å². The van der Waals surface area contributed by atoms with Crippen molar-refractivity contribution in [3.8, 4) is 11.5 Å². The number of aliphatic hydroxyl groups excluding tert-OH is 1. The van der Waals surface area contributed by atoms with Gasteiger partial charge in [-0.3, -0.25) is 4.98 Å². The van der Waals surface area contributed by atoms with Gasteiger partial charge in [-0.15, -0.1) is 0 Å². The van der Waals surface area contributed by atoms with Crippen molar-refractivity contribution in [3.63, 3.8) is 0 Å². The number of fused-ring (bicyclic) bond motifs is 1. The SMILES string of the molecule is COc1cc(OCc2ccccn2)ccc1C=Cc1cc(C=Cc2ccc3cc[nH]c3c2)n(C(C)O)n1. The Morgan fingerprint density at radius 2 is 1.92 bits per heavy atom. The fraction of sp³-hybridized carbons (Fsp3) is 0.133. The van der Waals surface area contributed by atoms with Crippen LogP contribution < -0.4 is 9.47 Å². The maximum absolute atomic E-state index is 10.3. The molecule has 0 amide bonds. The third kappa shape index (κ3) is 5.79. The molecule has 5 aromatic rings. The van der Waals surface area contributed by atoms with Crippen molar-refractivity contribution < 1.29 is 14.6 Å². The first-order valence-corrected chi connectivity index (χ1v) is 12.0. The molecule has 0 saturated carbocycles. The van der Waals surface area contributed by atoms with Crippen molar-refractivity contribution in [3.05, 3.63) is 107 Å². The number of aromatic amines is 1. The Labute approximate surface area is 215 Å². The van der Waals surface area contributed by atoms with Crippen LogP contribution in [0.2, 0.25) is 0 Å². The molecule has 0 aliphatic rings. The van der Waals surface area contributed by atoms with E-state index < -0.39 is 6.23 Å². The zero-order valence-electron chi connectivity index (χ0n) is 20.7. The van der Waals surface area contributed by atoms with Crippen molar-refractivity contribution in [2.45, 2.75) is 19.8 Å². The van der Waals surface area contributed by atoms with Gasteiger partial charge in [0.05, 0.1) is 24.2 Å². The average Bonchev–Trinajstić information content (AvgIpc) is 3.57. The lowest BCUT2D eigenvalue weighted by atomic mass is 10.1. The number of H-pyrrole nitrogens is 1. The molecule has 3 heterocycles. The zero-order valence-corrected chi connectivity index (χ0v) is 20.7. The number of benzene rings is 2. The Hall–Kier alpha value is -4.62. The Kier molecular flexibility index (Phi) is 7.14. The minimum absolute atomic E-state index is 0.380. The number of nitrogens with one attached hydrogen (secondary N) is 1. The van der Waals surface area contributed by atoms with E-state index in [4.69, 9.17) is 9.47 Å². The van der Waals surface area contributed by atoms with Crippen LogP contribution in [0, 0.1) is 0 Å². The van der Waals surface area contributed by atoms with E-state index in [0.717, 1.165) is 33.7 Å². The van der Waals surface area contributed by atoms with Crippen molar-refractivity contribution in [1.29, 1.82) is 0 Å². The third-order valence-electron chi connectivity index (χ3n) is 5.91. The summed E-state index contributed by atoms with van der Waals surface area (Å²) in [5.41, 5.74) is 5.39. The number of methoxy groups -OCH3 is 1. The number of hydrogen-bond donors (Lipinski definition) is 2. The number of aromatic nitrogens is 4. The molecular formula is C30H28N4O3. The second kappa shape index (κ2) is 11.0. The van der Waals surface area contributed by atoms with Crippen LogP contribution in [0.3, 0.4) is 0 Å². The molecule has 2 aromatic carbocycles. The van der Waals surface area contributed by atoms with Gasteiger partial charge in [-0.25, -0.2) is 4.68 Å². The van der Waals surface area contributed by atoms with Crippen molar-refractivity contribution >= 4 is 35.2 Å². The zero-order chi connectivity index (χ0) is 25.6. The fourth-order valence-electron chi connectivity index (χ4n) is 4.02. The molecule has 0 fully saturated rings. The highest BCUT2D eigenvalue weighted by molar-refractivity contribution is 5.83. The molecule has 1 atom stereocenters. The van der Waals surface area contributed by atoms with Gasteiger partial charge >= 0.3 is 0 Å². The molecule has 7 heteroatoms. The van der Waals surface area contributed by atoms with Crippen LogP contribution >= 0.6 is 0 Å². The van der Waals surface area contributed by atoms with E-state index >= 15 is 0 Å². The normalized spacial score (nSPS) is 12.5. The molecule has 0 spiro atoms. The minimum atomic E-state index is -0.766. The summed E-state index contributed by atoms with van der Waals surface area (Å²) >= 11 is 0. The maximum Gasteiger partial charge on any atom is 0.144 e. The quantitative estimate of drug-likeness (QED) is 0.256. The van der Waals surface area contributed by atoms with Crippen molar-refractivity contribution in [2.24, 2.45) is 0 Å². The van der Waals surface area contributed by atoms with E-state index in [-0.39, 0.29) is 0 Å². The number of nitrogens with zero attached hydrogens (tertiary/aromatic N) is 3. The van der Waals surface area contributed by atoms with Gasteiger partial charge in [0, 0.05) is 29.5 Å². The van der Waals surface area contributed by atoms with E-state index in [0.29, 0.717) is 18.1 Å². The Morgan fingerprint density at radius 1 is 1.00 bits per heavy atom. The molecule has 1 unspecified atom stereocenters. The Morgan fingerprint density at radius 3 is 2.73 bits per heavy atom. The molecule has 0 saturated heterocycles. The van der Waals surface area contributed by atoms with Crippen LogP contribution in [0.5, 0.6) is 11.5 Å². The number of ether oxygens (including phenoxy) is 2. The van der Waals surface area contributed by atoms with Gasteiger partial charge in [0.1, 0.15) is 24.3 Å². The molecule has 5 rings (SSSR count). The van der Waals surface area contributed by atoms with Gasteiger partial charge in [-0.2, -0.15) is 5.10 Å². The van der Waals surface area contributed by atoms with Gasteiger partial charge < -0.3 is 19.6 Å². The summed E-state index contributed by atoms with van der Waals surface area (Å²) in [6.45, 7) is 2.07. The fourth-order valence-corrected chi connectivity index (χ4v) is 4.02. The summed E-state index contributed by atoms with van der Waals surface area (Å²) in [5, 5.41) is 16.0. The molecular weight excluding hydrogens is 464 g/mol. The lowest BCUT2D eigenvalue weighted by Crippen LogP contribution is -2.07. The first-order chi connectivity index (χ1) is 18.1. The highest BCUT2D eigenvalue weighted by atomic mass is 16.5. The summed E-state index contributed by atoms with van der Waals surface area (Å²) < 4.78 is 13.0. The van der Waals surface area contributed by atoms with Gasteiger partial charge in [0.2, 0.25) is 0 Å². The highest BCUT2D eigenvalue weighted by Gasteiger charge is 2.09. The maximum atomic E-state index is 10.3. The first kappa shape index (κ1) is 24.1. The predicted octanol–water partition coefficient (Wildman–Crippen LogP) is 6.20. The lowest BCUT2D eigenvalue weighted by Gasteiger charge is -2.09. The first-order valence-electron chi connectivity index (χ1n) is 12.0. The summed E-state index contributed by atoms with van der Waals surface area (Å²) in [4.78, 5) is 7.51. The summed E-state index contributed by atoms with van der Waals surface area (Å²) in [6.07, 6.45) is 10.7. The predicted molar refractivity (Wildman–Crippen MR) is 147 cm³/mol. The van der Waals surface area contributed by atoms with Crippen LogP contribution in [0.4, 0.5) is 0 Å². The van der Waals surface area contributed by atoms with Gasteiger partial charge in [-0.05, 0) is 78.6 Å². The molecule has 37 heavy (non-hydrogen) atoms. The van der Waals surface area contributed by atoms with E-state index in [2.05, 4.69) is 33.3 Å². The topological polar surface area (TPSA) is 85.2 Å².